The quantitative estimate of drug-likeness (QED) is 0.737. The largest absolute Gasteiger partial charge is 0.497 e. The summed E-state index contributed by atoms with van der Waals surface area (Å²) in [7, 11) is 1.52. The number of nitrogens with zero attached hydrogens (tertiary/aromatic N) is 2. The van der Waals surface area contributed by atoms with Gasteiger partial charge in [0.25, 0.3) is 5.91 Å². The van der Waals surface area contributed by atoms with Gasteiger partial charge >= 0.3 is 5.63 Å². The predicted molar refractivity (Wildman–Crippen MR) is 89.9 cm³/mol. The number of methoxy groups -OCH3 is 1. The molecule has 0 aliphatic carbocycles. The normalized spacial score (nSPS) is 10.6. The zero-order valence-electron chi connectivity index (χ0n) is 13.4. The van der Waals surface area contributed by atoms with E-state index in [9.17, 15) is 14.4 Å². The van der Waals surface area contributed by atoms with E-state index < -0.39 is 17.4 Å². The molecule has 9 heteroatoms. The van der Waals surface area contributed by atoms with Crippen molar-refractivity contribution in [2.75, 3.05) is 18.2 Å². The maximum absolute atomic E-state index is 12.3. The standard InChI is InChI=1S/C16H14N4O5/c1-8(21)20-15-11(13(17)19-20)7-12(16(23)25-15)18-14(22)9-3-5-10(24-2)6-4-9/h3-7H,1-2H3,(H2,17,19)(H,18,22). The maximum Gasteiger partial charge on any atom is 0.361 e. The summed E-state index contributed by atoms with van der Waals surface area (Å²) in [6, 6.07) is 7.67. The molecule has 128 valence electrons. The second kappa shape index (κ2) is 6.11. The van der Waals surface area contributed by atoms with E-state index in [1.807, 2.05) is 0 Å². The zero-order valence-corrected chi connectivity index (χ0v) is 13.4. The van der Waals surface area contributed by atoms with Crippen LogP contribution in [0.5, 0.6) is 5.75 Å². The molecular weight excluding hydrogens is 328 g/mol. The van der Waals surface area contributed by atoms with Gasteiger partial charge in [0.15, 0.2) is 5.82 Å². The molecule has 25 heavy (non-hydrogen) atoms. The van der Waals surface area contributed by atoms with Crippen molar-refractivity contribution in [2.45, 2.75) is 6.92 Å². The van der Waals surface area contributed by atoms with Gasteiger partial charge in [-0.15, -0.1) is 5.10 Å². The van der Waals surface area contributed by atoms with E-state index in [-0.39, 0.29) is 22.6 Å². The first-order chi connectivity index (χ1) is 11.9. The van der Waals surface area contributed by atoms with Gasteiger partial charge in [0.05, 0.1) is 12.5 Å². The molecule has 3 N–H and O–H groups in total. The summed E-state index contributed by atoms with van der Waals surface area (Å²) in [5.41, 5.74) is 5.06. The number of carbonyl (C=O) groups is 2. The van der Waals surface area contributed by atoms with Crippen LogP contribution in [0.1, 0.15) is 22.1 Å². The van der Waals surface area contributed by atoms with E-state index in [1.54, 1.807) is 24.3 Å². The Balaban J connectivity index is 1.97. The molecule has 0 fully saturated rings. The lowest BCUT2D eigenvalue weighted by Gasteiger charge is -2.05. The van der Waals surface area contributed by atoms with Crippen LogP contribution < -0.4 is 21.4 Å². The number of hydrogen-bond donors (Lipinski definition) is 2. The highest BCUT2D eigenvalue weighted by Crippen LogP contribution is 2.22. The summed E-state index contributed by atoms with van der Waals surface area (Å²) in [5.74, 6) is -0.359. The van der Waals surface area contributed by atoms with Gasteiger partial charge in [-0.25, -0.2) is 4.79 Å². The van der Waals surface area contributed by atoms with E-state index in [0.717, 1.165) is 4.68 Å². The van der Waals surface area contributed by atoms with E-state index in [4.69, 9.17) is 14.9 Å². The molecule has 0 radical (unpaired) electrons. The van der Waals surface area contributed by atoms with Crippen LogP contribution in [0.2, 0.25) is 0 Å². The van der Waals surface area contributed by atoms with E-state index in [2.05, 4.69) is 10.4 Å². The molecule has 2 aromatic heterocycles. The SMILES string of the molecule is COc1ccc(C(=O)Nc2cc3c(N)nn(C(C)=O)c3oc2=O)cc1. The topological polar surface area (TPSA) is 129 Å². The van der Waals surface area contributed by atoms with Gasteiger partial charge in [0.2, 0.25) is 11.6 Å². The van der Waals surface area contributed by atoms with Crippen LogP contribution in [0.3, 0.4) is 0 Å². The second-order valence-corrected chi connectivity index (χ2v) is 5.17. The Morgan fingerprint density at radius 3 is 2.56 bits per heavy atom. The lowest BCUT2D eigenvalue weighted by molar-refractivity contribution is 0.0922. The van der Waals surface area contributed by atoms with Crippen LogP contribution in [-0.4, -0.2) is 28.7 Å². The molecule has 3 aromatic rings. The average Bonchev–Trinajstić information content (AvgIpc) is 2.91. The summed E-state index contributed by atoms with van der Waals surface area (Å²) in [6.07, 6.45) is 0. The highest BCUT2D eigenvalue weighted by molar-refractivity contribution is 6.05. The Labute approximate surface area is 141 Å². The molecule has 0 unspecified atom stereocenters. The molecule has 9 nitrogen and oxygen atoms in total. The molecule has 1 aromatic carbocycles. The molecule has 0 saturated heterocycles. The highest BCUT2D eigenvalue weighted by Gasteiger charge is 2.18. The van der Waals surface area contributed by atoms with Crippen molar-refractivity contribution in [3.63, 3.8) is 0 Å². The Morgan fingerprint density at radius 1 is 1.28 bits per heavy atom. The number of rotatable bonds is 3. The Bertz CT molecular complexity index is 1030. The van der Waals surface area contributed by atoms with Gasteiger partial charge in [-0.05, 0) is 30.3 Å². The van der Waals surface area contributed by atoms with E-state index in [0.29, 0.717) is 11.3 Å². The van der Waals surface area contributed by atoms with Crippen LogP contribution in [-0.2, 0) is 0 Å². The number of amides is 1. The molecular formula is C16H14N4O5. The third-order valence-corrected chi connectivity index (χ3v) is 3.50. The van der Waals surface area contributed by atoms with Gasteiger partial charge in [0.1, 0.15) is 11.4 Å². The third kappa shape index (κ3) is 2.94. The van der Waals surface area contributed by atoms with Crippen molar-refractivity contribution >= 4 is 34.4 Å². The number of hydrogen-bond acceptors (Lipinski definition) is 7. The minimum atomic E-state index is -0.822. The van der Waals surface area contributed by atoms with Crippen molar-refractivity contribution in [2.24, 2.45) is 0 Å². The van der Waals surface area contributed by atoms with Crippen LogP contribution >= 0.6 is 0 Å². The molecule has 0 aliphatic heterocycles. The number of ether oxygens (including phenoxy) is 1. The van der Waals surface area contributed by atoms with Crippen molar-refractivity contribution in [3.05, 3.63) is 46.3 Å². The zero-order chi connectivity index (χ0) is 18.1. The van der Waals surface area contributed by atoms with Gasteiger partial charge in [0, 0.05) is 12.5 Å². The van der Waals surface area contributed by atoms with Crippen molar-refractivity contribution in [1.82, 2.24) is 9.78 Å². The molecule has 0 bridgehead atoms. The smallest absolute Gasteiger partial charge is 0.361 e. The number of nitrogens with one attached hydrogen (secondary N) is 1. The maximum atomic E-state index is 12.3. The highest BCUT2D eigenvalue weighted by atomic mass is 16.5. The van der Waals surface area contributed by atoms with Crippen LogP contribution in [0.15, 0.2) is 39.5 Å². The van der Waals surface area contributed by atoms with Gasteiger partial charge in [-0.2, -0.15) is 4.68 Å². The fraction of sp³-hybridized carbons (Fsp3) is 0.125. The van der Waals surface area contributed by atoms with Crippen molar-refractivity contribution in [3.8, 4) is 5.75 Å². The Hall–Kier alpha value is -3.62. The summed E-state index contributed by atoms with van der Waals surface area (Å²) < 4.78 is 11.0. The first-order valence-corrected chi connectivity index (χ1v) is 7.19. The molecule has 0 atom stereocenters. The minimum Gasteiger partial charge on any atom is -0.497 e. The predicted octanol–water partition coefficient (Wildman–Crippen LogP) is 1.49. The summed E-state index contributed by atoms with van der Waals surface area (Å²) in [6.45, 7) is 1.26. The summed E-state index contributed by atoms with van der Waals surface area (Å²) in [5, 5.41) is 6.52. The monoisotopic (exact) mass is 342 g/mol. The molecule has 0 aliphatic rings. The van der Waals surface area contributed by atoms with E-state index >= 15 is 0 Å². The lowest BCUT2D eigenvalue weighted by Crippen LogP contribution is -2.18. The number of fused-ring (bicyclic) bond motifs is 1. The Kier molecular flexibility index (Phi) is 3.97. The number of nitrogens with two attached hydrogens (primary N) is 1. The summed E-state index contributed by atoms with van der Waals surface area (Å²) in [4.78, 5) is 35.8. The lowest BCUT2D eigenvalue weighted by atomic mass is 10.2. The number of benzene rings is 1. The van der Waals surface area contributed by atoms with Crippen molar-refractivity contribution in [1.29, 1.82) is 0 Å². The Morgan fingerprint density at radius 2 is 1.96 bits per heavy atom. The van der Waals surface area contributed by atoms with Crippen LogP contribution in [0.25, 0.3) is 11.1 Å². The van der Waals surface area contributed by atoms with Gasteiger partial charge in [-0.1, -0.05) is 0 Å². The minimum absolute atomic E-state index is 0.00824. The van der Waals surface area contributed by atoms with Gasteiger partial charge in [-0.3, -0.25) is 9.59 Å². The summed E-state index contributed by atoms with van der Waals surface area (Å²) >= 11 is 0. The number of aromatic nitrogens is 2. The first-order valence-electron chi connectivity index (χ1n) is 7.19. The van der Waals surface area contributed by atoms with Crippen LogP contribution in [0, 0.1) is 0 Å². The fourth-order valence-corrected chi connectivity index (χ4v) is 2.25. The van der Waals surface area contributed by atoms with Gasteiger partial charge < -0.3 is 20.2 Å². The second-order valence-electron chi connectivity index (χ2n) is 5.17. The number of nitrogen functional groups attached to an aromatic ring is 1. The first kappa shape index (κ1) is 16.2. The number of anilines is 2. The molecule has 2 heterocycles. The third-order valence-electron chi connectivity index (χ3n) is 3.50. The molecule has 0 saturated carbocycles. The van der Waals surface area contributed by atoms with Crippen LogP contribution in [0.4, 0.5) is 11.5 Å². The number of carbonyl (C=O) groups excluding carboxylic acids is 2. The molecule has 3 rings (SSSR count). The van der Waals surface area contributed by atoms with E-state index in [1.165, 1.54) is 20.1 Å². The average molecular weight is 342 g/mol. The molecule has 1 amide bonds. The van der Waals surface area contributed by atoms with Crippen molar-refractivity contribution < 1.29 is 18.7 Å². The fourth-order valence-electron chi connectivity index (χ4n) is 2.25. The molecule has 0 spiro atoms.